The molecule has 0 amide bonds. The van der Waals surface area contributed by atoms with E-state index in [1.807, 2.05) is 6.07 Å². The van der Waals surface area contributed by atoms with Gasteiger partial charge in [-0.3, -0.25) is 4.99 Å². The predicted molar refractivity (Wildman–Crippen MR) is 94.0 cm³/mol. The van der Waals surface area contributed by atoms with E-state index in [9.17, 15) is 0 Å². The number of ether oxygens (including phenoxy) is 1. The maximum Gasteiger partial charge on any atom is 0.191 e. The highest BCUT2D eigenvalue weighted by molar-refractivity contribution is 7.07. The molecule has 0 bridgehead atoms. The van der Waals surface area contributed by atoms with Crippen LogP contribution in [0, 0.1) is 6.92 Å². The standard InChI is InChI=1S/C17H23N3OS/c1-13-4-5-16(21-3)15(10-13)6-8-19-17(18-2)20-11-14-7-9-22-12-14/h4-5,7,9-10,12H,6,8,11H2,1-3H3,(H2,18,19,20). The summed E-state index contributed by atoms with van der Waals surface area (Å²) in [4.78, 5) is 4.25. The Kier molecular flexibility index (Phi) is 6.27. The van der Waals surface area contributed by atoms with E-state index in [4.69, 9.17) is 4.74 Å². The highest BCUT2D eigenvalue weighted by Crippen LogP contribution is 2.19. The molecule has 2 rings (SSSR count). The first kappa shape index (κ1) is 16.4. The zero-order chi connectivity index (χ0) is 15.8. The lowest BCUT2D eigenvalue weighted by Gasteiger charge is -2.13. The largest absolute Gasteiger partial charge is 0.496 e. The molecule has 0 atom stereocenters. The molecule has 1 heterocycles. The molecule has 0 saturated heterocycles. The van der Waals surface area contributed by atoms with Crippen molar-refractivity contribution in [1.29, 1.82) is 0 Å². The van der Waals surface area contributed by atoms with Crippen LogP contribution in [-0.4, -0.2) is 26.7 Å². The average Bonchev–Trinajstić information content (AvgIpc) is 3.04. The molecule has 0 saturated carbocycles. The van der Waals surface area contributed by atoms with Gasteiger partial charge in [0, 0.05) is 20.1 Å². The number of hydrogen-bond acceptors (Lipinski definition) is 3. The number of nitrogens with one attached hydrogen (secondary N) is 2. The first-order valence-electron chi connectivity index (χ1n) is 7.32. The average molecular weight is 317 g/mol. The fourth-order valence-corrected chi connectivity index (χ4v) is 2.89. The Hall–Kier alpha value is -2.01. The van der Waals surface area contributed by atoms with Crippen LogP contribution in [0.25, 0.3) is 0 Å². The van der Waals surface area contributed by atoms with E-state index in [2.05, 4.69) is 51.5 Å². The normalized spacial score (nSPS) is 11.3. The van der Waals surface area contributed by atoms with Crippen LogP contribution in [0.15, 0.2) is 40.0 Å². The van der Waals surface area contributed by atoms with Crippen molar-refractivity contribution < 1.29 is 4.74 Å². The van der Waals surface area contributed by atoms with Gasteiger partial charge in [-0.05, 0) is 47.4 Å². The van der Waals surface area contributed by atoms with Gasteiger partial charge in [-0.15, -0.1) is 0 Å². The van der Waals surface area contributed by atoms with Crippen LogP contribution in [0.5, 0.6) is 5.75 Å². The Bertz CT molecular complexity index is 608. The summed E-state index contributed by atoms with van der Waals surface area (Å²) in [6.07, 6.45) is 0.893. The molecule has 2 aromatic rings. The molecule has 0 aliphatic rings. The summed E-state index contributed by atoms with van der Waals surface area (Å²) in [5, 5.41) is 10.9. The van der Waals surface area contributed by atoms with Crippen LogP contribution in [0.1, 0.15) is 16.7 Å². The van der Waals surface area contributed by atoms with Crippen molar-refractivity contribution in [3.8, 4) is 5.75 Å². The summed E-state index contributed by atoms with van der Waals surface area (Å²) in [5.74, 6) is 1.76. The van der Waals surface area contributed by atoms with E-state index in [1.165, 1.54) is 16.7 Å². The van der Waals surface area contributed by atoms with Crippen LogP contribution in [0.4, 0.5) is 0 Å². The molecule has 1 aromatic heterocycles. The topological polar surface area (TPSA) is 45.7 Å². The first-order valence-corrected chi connectivity index (χ1v) is 8.26. The maximum atomic E-state index is 5.41. The van der Waals surface area contributed by atoms with E-state index >= 15 is 0 Å². The zero-order valence-electron chi connectivity index (χ0n) is 13.3. The number of rotatable bonds is 6. The molecule has 22 heavy (non-hydrogen) atoms. The summed E-state index contributed by atoms with van der Waals surface area (Å²) in [7, 11) is 3.50. The lowest BCUT2D eigenvalue weighted by Crippen LogP contribution is -2.37. The molecule has 0 spiro atoms. The van der Waals surface area contributed by atoms with Crippen LogP contribution in [-0.2, 0) is 13.0 Å². The molecular weight excluding hydrogens is 294 g/mol. The van der Waals surface area contributed by atoms with Crippen molar-refractivity contribution in [3.05, 3.63) is 51.7 Å². The molecule has 2 N–H and O–H groups in total. The Balaban J connectivity index is 1.82. The zero-order valence-corrected chi connectivity index (χ0v) is 14.2. The van der Waals surface area contributed by atoms with E-state index in [1.54, 1.807) is 25.5 Å². The highest BCUT2D eigenvalue weighted by Gasteiger charge is 2.04. The van der Waals surface area contributed by atoms with Crippen molar-refractivity contribution in [1.82, 2.24) is 10.6 Å². The quantitative estimate of drug-likeness (QED) is 0.636. The van der Waals surface area contributed by atoms with Crippen molar-refractivity contribution in [2.75, 3.05) is 20.7 Å². The molecule has 0 unspecified atom stereocenters. The molecule has 0 aliphatic heterocycles. The molecule has 1 aromatic carbocycles. The van der Waals surface area contributed by atoms with Gasteiger partial charge in [0.05, 0.1) is 7.11 Å². The van der Waals surface area contributed by atoms with Crippen molar-refractivity contribution in [2.45, 2.75) is 19.9 Å². The third-order valence-corrected chi connectivity index (χ3v) is 4.12. The van der Waals surface area contributed by atoms with E-state index < -0.39 is 0 Å². The summed E-state index contributed by atoms with van der Waals surface area (Å²) in [6, 6.07) is 8.37. The van der Waals surface area contributed by atoms with Crippen LogP contribution >= 0.6 is 11.3 Å². The predicted octanol–water partition coefficient (Wildman–Crippen LogP) is 2.97. The van der Waals surface area contributed by atoms with Crippen molar-refractivity contribution in [2.24, 2.45) is 4.99 Å². The lowest BCUT2D eigenvalue weighted by molar-refractivity contribution is 0.409. The lowest BCUT2D eigenvalue weighted by atomic mass is 10.1. The fourth-order valence-electron chi connectivity index (χ4n) is 2.22. The fraction of sp³-hybridized carbons (Fsp3) is 0.353. The van der Waals surface area contributed by atoms with Crippen LogP contribution in [0.2, 0.25) is 0 Å². The summed E-state index contributed by atoms with van der Waals surface area (Å²) >= 11 is 1.71. The molecule has 0 aliphatic carbocycles. The highest BCUT2D eigenvalue weighted by atomic mass is 32.1. The third kappa shape index (κ3) is 4.77. The second-order valence-corrected chi connectivity index (χ2v) is 5.83. The van der Waals surface area contributed by atoms with Gasteiger partial charge in [-0.25, -0.2) is 0 Å². The number of benzene rings is 1. The van der Waals surface area contributed by atoms with E-state index in [-0.39, 0.29) is 0 Å². The van der Waals surface area contributed by atoms with Crippen LogP contribution in [0.3, 0.4) is 0 Å². The smallest absolute Gasteiger partial charge is 0.191 e. The molecule has 118 valence electrons. The number of aliphatic imine (C=N–C) groups is 1. The number of guanidine groups is 1. The van der Waals surface area contributed by atoms with Gasteiger partial charge in [-0.1, -0.05) is 17.7 Å². The Morgan fingerprint density at radius 2 is 2.14 bits per heavy atom. The molecule has 5 heteroatoms. The van der Waals surface area contributed by atoms with Gasteiger partial charge in [0.25, 0.3) is 0 Å². The second-order valence-electron chi connectivity index (χ2n) is 5.05. The first-order chi connectivity index (χ1) is 10.7. The third-order valence-electron chi connectivity index (χ3n) is 3.39. The number of aryl methyl sites for hydroxylation is 1. The number of thiophene rings is 1. The van der Waals surface area contributed by atoms with Gasteiger partial charge in [-0.2, -0.15) is 11.3 Å². The van der Waals surface area contributed by atoms with Gasteiger partial charge in [0.15, 0.2) is 5.96 Å². The van der Waals surface area contributed by atoms with Gasteiger partial charge in [0.2, 0.25) is 0 Å². The summed E-state index contributed by atoms with van der Waals surface area (Å²) in [6.45, 7) is 3.69. The summed E-state index contributed by atoms with van der Waals surface area (Å²) in [5.41, 5.74) is 3.73. The van der Waals surface area contributed by atoms with Crippen LogP contribution < -0.4 is 15.4 Å². The van der Waals surface area contributed by atoms with E-state index in [0.717, 1.165) is 31.2 Å². The number of hydrogen-bond donors (Lipinski definition) is 2. The van der Waals surface area contributed by atoms with Gasteiger partial charge < -0.3 is 15.4 Å². The monoisotopic (exact) mass is 317 g/mol. The summed E-state index contributed by atoms with van der Waals surface area (Å²) < 4.78 is 5.41. The minimum atomic E-state index is 0.789. The van der Waals surface area contributed by atoms with Gasteiger partial charge in [0.1, 0.15) is 5.75 Å². The minimum absolute atomic E-state index is 0.789. The Morgan fingerprint density at radius 1 is 1.27 bits per heavy atom. The Labute approximate surface area is 136 Å². The SMILES string of the molecule is CN=C(NCCc1cc(C)ccc1OC)NCc1ccsc1. The van der Waals surface area contributed by atoms with Crippen molar-refractivity contribution in [3.63, 3.8) is 0 Å². The van der Waals surface area contributed by atoms with Crippen molar-refractivity contribution >= 4 is 17.3 Å². The molecular formula is C17H23N3OS. The number of nitrogens with zero attached hydrogens (tertiary/aromatic N) is 1. The minimum Gasteiger partial charge on any atom is -0.496 e. The maximum absolute atomic E-state index is 5.41. The molecule has 0 fully saturated rings. The second kappa shape index (κ2) is 8.44. The Morgan fingerprint density at radius 3 is 2.82 bits per heavy atom. The number of methoxy groups -OCH3 is 1. The molecule has 4 nitrogen and oxygen atoms in total. The van der Waals surface area contributed by atoms with E-state index in [0.29, 0.717) is 0 Å². The van der Waals surface area contributed by atoms with Gasteiger partial charge >= 0.3 is 0 Å². The molecule has 0 radical (unpaired) electrons.